The summed E-state index contributed by atoms with van der Waals surface area (Å²) >= 11 is 0. The second-order valence-corrected chi connectivity index (χ2v) is 7.40. The Kier molecular flexibility index (Phi) is 6.35. The lowest BCUT2D eigenvalue weighted by molar-refractivity contribution is 0.0600. The van der Waals surface area contributed by atoms with Crippen molar-refractivity contribution in [2.45, 2.75) is 19.5 Å². The summed E-state index contributed by atoms with van der Waals surface area (Å²) in [7, 11) is 1.36. The molecule has 0 spiro atoms. The van der Waals surface area contributed by atoms with Crippen LogP contribution in [0.3, 0.4) is 0 Å². The molecule has 0 atom stereocenters. The molecule has 0 unspecified atom stereocenters. The van der Waals surface area contributed by atoms with Crippen molar-refractivity contribution in [1.82, 2.24) is 9.13 Å². The van der Waals surface area contributed by atoms with E-state index in [1.165, 1.54) is 19.2 Å². The first kappa shape index (κ1) is 21.4. The molecule has 3 aromatic carbocycles. The van der Waals surface area contributed by atoms with Crippen LogP contribution in [0.1, 0.15) is 22.3 Å². The Morgan fingerprint density at radius 3 is 2.41 bits per heavy atom. The van der Waals surface area contributed by atoms with Crippen LogP contribution in [0.2, 0.25) is 0 Å². The number of rotatable bonds is 8. The number of hydrogen-bond acceptors (Lipinski definition) is 4. The number of halogens is 1. The molecule has 164 valence electrons. The molecule has 7 heteroatoms. The molecule has 0 aliphatic heterocycles. The number of nitrogens with zero attached hydrogens (tertiary/aromatic N) is 2. The van der Waals surface area contributed by atoms with Crippen LogP contribution in [-0.4, -0.2) is 28.8 Å². The Morgan fingerprint density at radius 1 is 0.969 bits per heavy atom. The van der Waals surface area contributed by atoms with E-state index in [1.54, 1.807) is 24.3 Å². The molecule has 6 nitrogen and oxygen atoms in total. The van der Waals surface area contributed by atoms with Crippen LogP contribution in [0.15, 0.2) is 72.8 Å². The number of fused-ring (bicyclic) bond motifs is 1. The molecule has 4 rings (SSSR count). The summed E-state index contributed by atoms with van der Waals surface area (Å²) in [5, 5.41) is 8.77. The van der Waals surface area contributed by atoms with Crippen molar-refractivity contribution in [3.8, 4) is 5.75 Å². The van der Waals surface area contributed by atoms with Gasteiger partial charge in [0.2, 0.25) is 5.62 Å². The summed E-state index contributed by atoms with van der Waals surface area (Å²) in [6.45, 7) is 1.53. The summed E-state index contributed by atoms with van der Waals surface area (Å²) in [6, 6.07) is 21.1. The van der Waals surface area contributed by atoms with E-state index in [0.717, 1.165) is 16.6 Å². The number of hydrogen-bond donors (Lipinski definition) is 1. The maximum Gasteiger partial charge on any atom is 0.337 e. The van der Waals surface area contributed by atoms with Crippen molar-refractivity contribution in [1.29, 1.82) is 5.41 Å². The van der Waals surface area contributed by atoms with Gasteiger partial charge >= 0.3 is 5.97 Å². The second-order valence-electron chi connectivity index (χ2n) is 7.40. The predicted octanol–water partition coefficient (Wildman–Crippen LogP) is 4.37. The molecule has 0 saturated heterocycles. The van der Waals surface area contributed by atoms with Crippen molar-refractivity contribution in [2.75, 3.05) is 13.7 Å². The topological polar surface area (TPSA) is 69.2 Å². The zero-order valence-electron chi connectivity index (χ0n) is 17.8. The summed E-state index contributed by atoms with van der Waals surface area (Å²) in [6.07, 6.45) is 0.694. The van der Waals surface area contributed by atoms with Gasteiger partial charge in [-0.2, -0.15) is 0 Å². The minimum absolute atomic E-state index is 0.295. The number of imidazole rings is 1. The summed E-state index contributed by atoms with van der Waals surface area (Å²) < 4.78 is 27.4. The number of nitrogens with one attached hydrogen (secondary N) is 1. The lowest BCUT2D eigenvalue weighted by Gasteiger charge is -2.08. The molecule has 0 bridgehead atoms. The van der Waals surface area contributed by atoms with Crippen LogP contribution in [-0.2, 0) is 17.8 Å². The lowest BCUT2D eigenvalue weighted by atomic mass is 10.1. The molecule has 32 heavy (non-hydrogen) atoms. The highest BCUT2D eigenvalue weighted by atomic mass is 19.1. The van der Waals surface area contributed by atoms with Crippen molar-refractivity contribution in [3.63, 3.8) is 0 Å². The number of carbonyl (C=O) groups excluding carboxylic acids is 1. The first-order chi connectivity index (χ1) is 15.6. The van der Waals surface area contributed by atoms with Gasteiger partial charge in [-0.1, -0.05) is 24.3 Å². The van der Waals surface area contributed by atoms with E-state index in [0.29, 0.717) is 43.0 Å². The average Bonchev–Trinajstić information content (AvgIpc) is 3.08. The van der Waals surface area contributed by atoms with Gasteiger partial charge in [0.1, 0.15) is 11.6 Å². The minimum atomic E-state index is -0.383. The number of benzene rings is 3. The lowest BCUT2D eigenvalue weighted by Crippen LogP contribution is -2.25. The SMILES string of the molecule is COC(=O)c1cccc(Cn2c(=N)n(CCCOc3ccc(F)cc3)c3ccccc32)c1. The summed E-state index contributed by atoms with van der Waals surface area (Å²) in [5.41, 5.74) is 3.67. The zero-order valence-corrected chi connectivity index (χ0v) is 17.8. The fourth-order valence-corrected chi connectivity index (χ4v) is 3.72. The molecular weight excluding hydrogens is 409 g/mol. The third-order valence-electron chi connectivity index (χ3n) is 5.27. The van der Waals surface area contributed by atoms with Gasteiger partial charge in [-0.15, -0.1) is 0 Å². The number of aryl methyl sites for hydroxylation is 1. The van der Waals surface area contributed by atoms with E-state index in [4.69, 9.17) is 14.9 Å². The van der Waals surface area contributed by atoms with E-state index in [-0.39, 0.29) is 11.8 Å². The molecule has 1 heterocycles. The monoisotopic (exact) mass is 433 g/mol. The Bertz CT molecular complexity index is 1290. The van der Waals surface area contributed by atoms with E-state index >= 15 is 0 Å². The molecule has 0 saturated carbocycles. The van der Waals surface area contributed by atoms with Crippen LogP contribution in [0.5, 0.6) is 5.75 Å². The van der Waals surface area contributed by atoms with Gasteiger partial charge < -0.3 is 18.6 Å². The molecule has 0 amide bonds. The van der Waals surface area contributed by atoms with Crippen molar-refractivity contribution in [2.24, 2.45) is 0 Å². The molecule has 0 aliphatic carbocycles. The van der Waals surface area contributed by atoms with Crippen molar-refractivity contribution in [3.05, 3.63) is 95.4 Å². The molecule has 1 aromatic heterocycles. The molecule has 4 aromatic rings. The van der Waals surface area contributed by atoms with Gasteiger partial charge in [-0.25, -0.2) is 9.18 Å². The van der Waals surface area contributed by atoms with Gasteiger partial charge in [0.25, 0.3) is 0 Å². The maximum atomic E-state index is 13.0. The molecule has 1 N–H and O–H groups in total. The second kappa shape index (κ2) is 9.51. The van der Waals surface area contributed by atoms with Gasteiger partial charge in [0.05, 0.1) is 36.9 Å². The maximum absolute atomic E-state index is 13.0. The third kappa shape index (κ3) is 4.56. The summed E-state index contributed by atoms with van der Waals surface area (Å²) in [5.74, 6) is -0.0568. The molecule has 0 aliphatic rings. The fourth-order valence-electron chi connectivity index (χ4n) is 3.72. The first-order valence-electron chi connectivity index (χ1n) is 10.3. The Balaban J connectivity index is 1.53. The number of aromatic nitrogens is 2. The van der Waals surface area contributed by atoms with Crippen molar-refractivity contribution >= 4 is 17.0 Å². The van der Waals surface area contributed by atoms with Gasteiger partial charge in [-0.3, -0.25) is 5.41 Å². The summed E-state index contributed by atoms with van der Waals surface area (Å²) in [4.78, 5) is 11.9. The number of para-hydroxylation sites is 2. The molecular formula is C25H24FN3O3. The van der Waals surface area contributed by atoms with E-state index < -0.39 is 0 Å². The highest BCUT2D eigenvalue weighted by Gasteiger charge is 2.12. The number of esters is 1. The zero-order chi connectivity index (χ0) is 22.5. The first-order valence-corrected chi connectivity index (χ1v) is 10.3. The minimum Gasteiger partial charge on any atom is -0.494 e. The van der Waals surface area contributed by atoms with E-state index in [2.05, 4.69) is 0 Å². The molecule has 0 radical (unpaired) electrons. The third-order valence-corrected chi connectivity index (χ3v) is 5.27. The fraction of sp³-hybridized carbons (Fsp3) is 0.200. The van der Waals surface area contributed by atoms with Gasteiger partial charge in [0.15, 0.2) is 0 Å². The Hall–Kier alpha value is -3.87. The highest BCUT2D eigenvalue weighted by molar-refractivity contribution is 5.89. The van der Waals surface area contributed by atoms with Gasteiger partial charge in [-0.05, 0) is 60.5 Å². The van der Waals surface area contributed by atoms with E-state index in [9.17, 15) is 9.18 Å². The normalized spacial score (nSPS) is 10.9. The Labute approximate surface area is 185 Å². The largest absolute Gasteiger partial charge is 0.494 e. The number of carbonyl (C=O) groups is 1. The average molecular weight is 433 g/mol. The quantitative estimate of drug-likeness (QED) is 0.332. The van der Waals surface area contributed by atoms with Crippen LogP contribution >= 0.6 is 0 Å². The smallest absolute Gasteiger partial charge is 0.337 e. The van der Waals surface area contributed by atoms with Crippen LogP contribution in [0.4, 0.5) is 4.39 Å². The standard InChI is InChI=1S/C25H24FN3O3/c1-31-24(30)19-7-4-6-18(16-19)17-29-23-9-3-2-8-22(23)28(25(29)27)14-5-15-32-21-12-10-20(26)11-13-21/h2-4,6-13,16,27H,5,14-15,17H2,1H3. The predicted molar refractivity (Wildman–Crippen MR) is 119 cm³/mol. The Morgan fingerprint density at radius 2 is 1.69 bits per heavy atom. The number of methoxy groups -OCH3 is 1. The van der Waals surface area contributed by atoms with Crippen molar-refractivity contribution < 1.29 is 18.7 Å². The van der Waals surface area contributed by atoms with Crippen LogP contribution < -0.4 is 10.4 Å². The van der Waals surface area contributed by atoms with Gasteiger partial charge in [0, 0.05) is 6.54 Å². The van der Waals surface area contributed by atoms with Crippen LogP contribution in [0, 0.1) is 11.2 Å². The van der Waals surface area contributed by atoms with E-state index in [1.807, 2.05) is 45.5 Å². The van der Waals surface area contributed by atoms with Crippen LogP contribution in [0.25, 0.3) is 11.0 Å². The highest BCUT2D eigenvalue weighted by Crippen LogP contribution is 2.16. The number of ether oxygens (including phenoxy) is 2. The molecule has 0 fully saturated rings.